The summed E-state index contributed by atoms with van der Waals surface area (Å²) in [6.45, 7) is 5.40. The van der Waals surface area contributed by atoms with Crippen LogP contribution in [0.1, 0.15) is 23.6 Å². The number of likely N-dealkylation sites (tertiary alicyclic amines) is 1. The summed E-state index contributed by atoms with van der Waals surface area (Å²) in [5, 5.41) is 1.07. The monoisotopic (exact) mass is 444 g/mol. The number of aliphatic imine (C=N–C) groups is 1. The molecule has 2 heterocycles. The predicted octanol–water partition coefficient (Wildman–Crippen LogP) is 5.93. The molecule has 2 nitrogen and oxygen atoms in total. The van der Waals surface area contributed by atoms with E-state index in [0.29, 0.717) is 10.5 Å². The van der Waals surface area contributed by atoms with Gasteiger partial charge < -0.3 is 4.90 Å². The normalized spacial score (nSPS) is 19.6. The van der Waals surface area contributed by atoms with Crippen molar-refractivity contribution in [3.05, 3.63) is 108 Å². The lowest BCUT2D eigenvalue weighted by Gasteiger charge is -2.47. The van der Waals surface area contributed by atoms with Crippen molar-refractivity contribution in [3.63, 3.8) is 0 Å². The molecule has 0 bridgehead atoms. The number of amidine groups is 1. The van der Waals surface area contributed by atoms with Crippen molar-refractivity contribution >= 4 is 29.4 Å². The Morgan fingerprint density at radius 2 is 1.29 bits per heavy atom. The standard InChI is InChI=1S/C27H28N2S2/c1-21-26(28-17-18-30-21)29-19-25(20-29)31-27(22-11-5-2-6-12-22,23-13-7-3-8-14-23)24-15-9-4-10-16-24/h2-16,21,25H,17-20H2,1H3/t21-/m0/s1. The lowest BCUT2D eigenvalue weighted by molar-refractivity contribution is 0.305. The molecule has 0 aromatic heterocycles. The summed E-state index contributed by atoms with van der Waals surface area (Å²) in [5.41, 5.74) is 4.03. The Morgan fingerprint density at radius 3 is 1.74 bits per heavy atom. The molecule has 0 spiro atoms. The van der Waals surface area contributed by atoms with E-state index in [1.54, 1.807) is 0 Å². The molecule has 0 aliphatic carbocycles. The third kappa shape index (κ3) is 4.04. The third-order valence-electron chi connectivity index (χ3n) is 6.15. The molecule has 0 radical (unpaired) electrons. The average Bonchev–Trinajstić information content (AvgIpc) is 2.81. The molecular weight excluding hydrogens is 416 g/mol. The molecule has 0 amide bonds. The Morgan fingerprint density at radius 1 is 0.806 bits per heavy atom. The Balaban J connectivity index is 1.51. The van der Waals surface area contributed by atoms with Gasteiger partial charge in [-0.3, -0.25) is 4.99 Å². The van der Waals surface area contributed by atoms with Crippen molar-refractivity contribution < 1.29 is 0 Å². The highest BCUT2D eigenvalue weighted by Gasteiger charge is 2.43. The molecule has 4 heteroatoms. The second-order valence-corrected chi connectivity index (χ2v) is 11.1. The summed E-state index contributed by atoms with van der Waals surface area (Å²) in [5.74, 6) is 2.45. The van der Waals surface area contributed by atoms with Crippen molar-refractivity contribution in [2.75, 3.05) is 25.4 Å². The minimum absolute atomic E-state index is 0.227. The lowest BCUT2D eigenvalue weighted by Crippen LogP contribution is -2.56. The van der Waals surface area contributed by atoms with Crippen LogP contribution < -0.4 is 0 Å². The number of benzene rings is 3. The second-order valence-electron chi connectivity index (χ2n) is 8.18. The van der Waals surface area contributed by atoms with Crippen LogP contribution in [0.4, 0.5) is 0 Å². The van der Waals surface area contributed by atoms with Crippen molar-refractivity contribution in [3.8, 4) is 0 Å². The van der Waals surface area contributed by atoms with E-state index in [1.807, 2.05) is 11.8 Å². The van der Waals surface area contributed by atoms with E-state index in [4.69, 9.17) is 4.99 Å². The largest absolute Gasteiger partial charge is 0.357 e. The zero-order valence-corrected chi connectivity index (χ0v) is 19.5. The Kier molecular flexibility index (Phi) is 6.10. The molecule has 1 fully saturated rings. The number of hydrogen-bond acceptors (Lipinski definition) is 4. The smallest absolute Gasteiger partial charge is 0.112 e. The van der Waals surface area contributed by atoms with Crippen LogP contribution in [0.3, 0.4) is 0 Å². The fourth-order valence-corrected chi connectivity index (χ4v) is 7.37. The first kappa shape index (κ1) is 20.7. The van der Waals surface area contributed by atoms with Crippen LogP contribution in [-0.4, -0.2) is 46.6 Å². The summed E-state index contributed by atoms with van der Waals surface area (Å²) in [6, 6.07) is 33.0. The van der Waals surface area contributed by atoms with Crippen molar-refractivity contribution in [1.29, 1.82) is 0 Å². The van der Waals surface area contributed by atoms with Gasteiger partial charge in [-0.1, -0.05) is 91.0 Å². The molecule has 1 saturated heterocycles. The maximum atomic E-state index is 4.85. The molecule has 0 unspecified atom stereocenters. The molecular formula is C27H28N2S2. The van der Waals surface area contributed by atoms with Gasteiger partial charge in [0.1, 0.15) is 5.84 Å². The van der Waals surface area contributed by atoms with Gasteiger partial charge in [-0.15, -0.1) is 23.5 Å². The van der Waals surface area contributed by atoms with Gasteiger partial charge in [0.15, 0.2) is 0 Å². The molecule has 0 saturated carbocycles. The van der Waals surface area contributed by atoms with Gasteiger partial charge in [0, 0.05) is 24.1 Å². The first-order valence-corrected chi connectivity index (χ1v) is 13.0. The highest BCUT2D eigenvalue weighted by Crippen LogP contribution is 2.51. The molecule has 1 atom stereocenters. The summed E-state index contributed by atoms with van der Waals surface area (Å²) in [6.07, 6.45) is 0. The van der Waals surface area contributed by atoms with E-state index in [9.17, 15) is 0 Å². The van der Waals surface area contributed by atoms with Crippen LogP contribution in [0.25, 0.3) is 0 Å². The van der Waals surface area contributed by atoms with Crippen LogP contribution in [0, 0.1) is 0 Å². The molecule has 3 aromatic rings. The predicted molar refractivity (Wildman–Crippen MR) is 136 cm³/mol. The lowest BCUT2D eigenvalue weighted by atomic mass is 9.84. The summed E-state index contributed by atoms with van der Waals surface area (Å²) in [4.78, 5) is 7.35. The molecule has 0 N–H and O–H groups in total. The third-order valence-corrected chi connectivity index (χ3v) is 8.97. The topological polar surface area (TPSA) is 15.6 Å². The molecule has 31 heavy (non-hydrogen) atoms. The maximum Gasteiger partial charge on any atom is 0.112 e. The van der Waals surface area contributed by atoms with Crippen LogP contribution in [-0.2, 0) is 4.75 Å². The van der Waals surface area contributed by atoms with E-state index in [2.05, 4.69) is 115 Å². The first-order chi connectivity index (χ1) is 15.3. The van der Waals surface area contributed by atoms with Crippen LogP contribution in [0.2, 0.25) is 0 Å². The van der Waals surface area contributed by atoms with Gasteiger partial charge in [0.2, 0.25) is 0 Å². The maximum absolute atomic E-state index is 4.85. The fourth-order valence-electron chi connectivity index (χ4n) is 4.62. The van der Waals surface area contributed by atoms with Gasteiger partial charge in [-0.05, 0) is 23.6 Å². The number of hydrogen-bond donors (Lipinski definition) is 0. The number of nitrogens with zero attached hydrogens (tertiary/aromatic N) is 2. The zero-order chi connectivity index (χ0) is 21.1. The first-order valence-electron chi connectivity index (χ1n) is 11.0. The van der Waals surface area contributed by atoms with E-state index in [-0.39, 0.29) is 4.75 Å². The van der Waals surface area contributed by atoms with E-state index < -0.39 is 0 Å². The van der Waals surface area contributed by atoms with Crippen LogP contribution in [0.5, 0.6) is 0 Å². The number of thioether (sulfide) groups is 2. The molecule has 2 aliphatic heterocycles. The van der Waals surface area contributed by atoms with Gasteiger partial charge in [-0.25, -0.2) is 0 Å². The van der Waals surface area contributed by atoms with Crippen molar-refractivity contribution in [1.82, 2.24) is 4.90 Å². The Labute approximate surface area is 194 Å². The van der Waals surface area contributed by atoms with Gasteiger partial charge in [0.05, 0.1) is 16.5 Å². The number of rotatable bonds is 5. The summed E-state index contributed by atoms with van der Waals surface area (Å²) in [7, 11) is 0. The Bertz CT molecular complexity index is 918. The SMILES string of the molecule is C[C@@H]1SCCN=C1N1CC(SC(c2ccccc2)(c2ccccc2)c2ccccc2)C1. The highest BCUT2D eigenvalue weighted by molar-refractivity contribution is 8.01. The summed E-state index contributed by atoms with van der Waals surface area (Å²) >= 11 is 4.13. The van der Waals surface area contributed by atoms with E-state index in [1.165, 1.54) is 22.5 Å². The highest BCUT2D eigenvalue weighted by atomic mass is 32.2. The van der Waals surface area contributed by atoms with Gasteiger partial charge >= 0.3 is 0 Å². The zero-order valence-electron chi connectivity index (χ0n) is 17.9. The second kappa shape index (κ2) is 9.13. The van der Waals surface area contributed by atoms with Gasteiger partial charge in [-0.2, -0.15) is 0 Å². The van der Waals surface area contributed by atoms with Crippen LogP contribution in [0.15, 0.2) is 96.0 Å². The fraction of sp³-hybridized carbons (Fsp3) is 0.296. The summed E-state index contributed by atoms with van der Waals surface area (Å²) < 4.78 is -0.227. The molecule has 3 aromatic carbocycles. The Hall–Kier alpha value is -2.17. The minimum Gasteiger partial charge on any atom is -0.357 e. The molecule has 158 valence electrons. The van der Waals surface area contributed by atoms with Crippen LogP contribution >= 0.6 is 23.5 Å². The van der Waals surface area contributed by atoms with E-state index >= 15 is 0 Å². The van der Waals surface area contributed by atoms with Crippen molar-refractivity contribution in [2.45, 2.75) is 22.2 Å². The van der Waals surface area contributed by atoms with E-state index in [0.717, 1.165) is 25.4 Å². The minimum atomic E-state index is -0.227. The molecule has 2 aliphatic rings. The average molecular weight is 445 g/mol. The van der Waals surface area contributed by atoms with Gasteiger partial charge in [0.25, 0.3) is 0 Å². The quantitative estimate of drug-likeness (QED) is 0.454. The van der Waals surface area contributed by atoms with Crippen molar-refractivity contribution in [2.24, 2.45) is 4.99 Å². The molecule has 5 rings (SSSR count).